The van der Waals surface area contributed by atoms with Gasteiger partial charge in [-0.1, -0.05) is 91.5 Å². The molecule has 140 valence electrons. The van der Waals surface area contributed by atoms with Gasteiger partial charge in [0.2, 0.25) is 0 Å². The van der Waals surface area contributed by atoms with Crippen molar-refractivity contribution in [3.8, 4) is 0 Å². The Morgan fingerprint density at radius 3 is 1.93 bits per heavy atom. The molecular weight excluding hydrogens is 356 g/mol. The number of allylic oxidation sites excluding steroid dienone is 2. The Labute approximate surface area is 161 Å². The minimum atomic E-state index is -2.97. The predicted octanol–water partition coefficient (Wildman–Crippen LogP) is 2.75. The predicted molar refractivity (Wildman–Crippen MR) is 110 cm³/mol. The third-order valence-corrected chi connectivity index (χ3v) is 7.13. The van der Waals surface area contributed by atoms with Crippen LogP contribution in [0.15, 0.2) is 97.6 Å². The summed E-state index contributed by atoms with van der Waals surface area (Å²) in [5, 5.41) is 1.99. The molecule has 4 nitrogen and oxygen atoms in total. The van der Waals surface area contributed by atoms with E-state index in [1.54, 1.807) is 12.2 Å². The molecule has 0 fully saturated rings. The van der Waals surface area contributed by atoms with Gasteiger partial charge in [-0.2, -0.15) is 0 Å². The second-order valence-corrected chi connectivity index (χ2v) is 8.53. The molecule has 2 aromatic rings. The molecule has 0 radical (unpaired) electrons. The summed E-state index contributed by atoms with van der Waals surface area (Å²) in [5.74, 6) is -0.417. The Balaban J connectivity index is 2.38. The summed E-state index contributed by atoms with van der Waals surface area (Å²) in [6.45, 7) is 4.31. The fourth-order valence-electron chi connectivity index (χ4n) is 2.55. The van der Waals surface area contributed by atoms with Gasteiger partial charge in [-0.25, -0.2) is 4.79 Å². The molecule has 0 aliphatic rings. The van der Waals surface area contributed by atoms with Gasteiger partial charge in [-0.3, -0.25) is 0 Å². The van der Waals surface area contributed by atoms with E-state index in [0.717, 1.165) is 10.4 Å². The van der Waals surface area contributed by atoms with Crippen molar-refractivity contribution in [2.24, 2.45) is 0 Å². The number of carbonyl (C=O) groups excluding carboxylic acids is 1. The molecule has 0 atom stereocenters. The van der Waals surface area contributed by atoms with Crippen LogP contribution in [-0.2, 0) is 18.4 Å². The van der Waals surface area contributed by atoms with E-state index in [4.69, 9.17) is 8.85 Å². The van der Waals surface area contributed by atoms with Gasteiger partial charge in [0, 0.05) is 6.08 Å². The Bertz CT molecular complexity index is 730. The molecule has 2 rings (SSSR count). The van der Waals surface area contributed by atoms with E-state index in [1.807, 2.05) is 72.8 Å². The third-order valence-electron chi connectivity index (χ3n) is 3.80. The zero-order valence-corrected chi connectivity index (χ0v) is 16.4. The first-order valence-electron chi connectivity index (χ1n) is 8.64. The number of benzene rings is 2. The van der Waals surface area contributed by atoms with Crippen LogP contribution >= 0.6 is 0 Å². The summed E-state index contributed by atoms with van der Waals surface area (Å²) in [6.07, 6.45) is 8.44. The van der Waals surface area contributed by atoms with Crippen LogP contribution in [0.5, 0.6) is 0 Å². The standard InChI is InChI=1S/C22H24O4Si/c1-3-4-11-18-25-27(20-13-7-5-8-14-20,21-15-9-6-10-16-21)26-19-12-17-22(23)24-2/h3-17H,1,18-19H2,2H3/b11-4+,17-12+. The molecule has 0 N–H and O–H groups in total. The Morgan fingerprint density at radius 2 is 1.44 bits per heavy atom. The van der Waals surface area contributed by atoms with E-state index >= 15 is 0 Å². The van der Waals surface area contributed by atoms with Crippen molar-refractivity contribution in [3.63, 3.8) is 0 Å². The summed E-state index contributed by atoms with van der Waals surface area (Å²) in [5.41, 5.74) is 0. The van der Waals surface area contributed by atoms with Crippen LogP contribution in [0, 0.1) is 0 Å². The van der Waals surface area contributed by atoms with Crippen molar-refractivity contribution >= 4 is 24.9 Å². The van der Waals surface area contributed by atoms with E-state index < -0.39 is 14.5 Å². The smallest absolute Gasteiger partial charge is 0.407 e. The minimum Gasteiger partial charge on any atom is -0.466 e. The molecule has 2 aromatic carbocycles. The molecule has 0 unspecified atom stereocenters. The highest BCUT2D eigenvalue weighted by Gasteiger charge is 2.42. The second kappa shape index (κ2) is 11.1. The summed E-state index contributed by atoms with van der Waals surface area (Å²) in [6, 6.07) is 19.9. The highest BCUT2D eigenvalue weighted by molar-refractivity contribution is 6.92. The van der Waals surface area contributed by atoms with E-state index in [-0.39, 0.29) is 6.61 Å². The van der Waals surface area contributed by atoms with Crippen molar-refractivity contribution in [2.45, 2.75) is 0 Å². The Hall–Kier alpha value is -2.73. The maximum absolute atomic E-state index is 11.3. The molecule has 0 aromatic heterocycles. The van der Waals surface area contributed by atoms with Gasteiger partial charge in [-0.15, -0.1) is 0 Å². The van der Waals surface area contributed by atoms with Crippen LogP contribution in [0.4, 0.5) is 0 Å². The normalized spacial score (nSPS) is 11.7. The fraction of sp³-hybridized carbons (Fsp3) is 0.136. The van der Waals surface area contributed by atoms with Gasteiger partial charge in [0.25, 0.3) is 0 Å². The average molecular weight is 381 g/mol. The molecule has 0 aliphatic heterocycles. The van der Waals surface area contributed by atoms with Gasteiger partial charge in [0.05, 0.1) is 20.3 Å². The quantitative estimate of drug-likeness (QED) is 0.275. The molecule has 0 aliphatic carbocycles. The highest BCUT2D eigenvalue weighted by atomic mass is 28.4. The zero-order valence-electron chi connectivity index (χ0n) is 15.4. The maximum Gasteiger partial charge on any atom is 0.407 e. The fourth-order valence-corrected chi connectivity index (χ4v) is 5.56. The summed E-state index contributed by atoms with van der Waals surface area (Å²) < 4.78 is 17.3. The number of rotatable bonds is 10. The summed E-state index contributed by atoms with van der Waals surface area (Å²) in [7, 11) is -1.63. The molecule has 5 heteroatoms. The number of hydrogen-bond acceptors (Lipinski definition) is 4. The number of ether oxygens (including phenoxy) is 1. The second-order valence-electron chi connectivity index (χ2n) is 5.56. The molecule has 0 saturated heterocycles. The number of esters is 1. The summed E-state index contributed by atoms with van der Waals surface area (Å²) in [4.78, 5) is 11.3. The molecule has 0 spiro atoms. The molecule has 0 amide bonds. The van der Waals surface area contributed by atoms with Crippen LogP contribution in [0.1, 0.15) is 0 Å². The van der Waals surface area contributed by atoms with Gasteiger partial charge in [-0.05, 0) is 10.4 Å². The van der Waals surface area contributed by atoms with Crippen molar-refractivity contribution in [1.82, 2.24) is 0 Å². The topological polar surface area (TPSA) is 44.8 Å². The van der Waals surface area contributed by atoms with Crippen molar-refractivity contribution in [2.75, 3.05) is 20.3 Å². The Kier molecular flexibility index (Phi) is 8.44. The first-order chi connectivity index (χ1) is 13.2. The number of methoxy groups -OCH3 is 1. The molecule has 0 bridgehead atoms. The van der Waals surface area contributed by atoms with Crippen LogP contribution in [0.3, 0.4) is 0 Å². The lowest BCUT2D eigenvalue weighted by Crippen LogP contribution is -2.63. The Morgan fingerprint density at radius 1 is 0.926 bits per heavy atom. The van der Waals surface area contributed by atoms with E-state index in [1.165, 1.54) is 13.2 Å². The van der Waals surface area contributed by atoms with Gasteiger partial charge >= 0.3 is 14.5 Å². The first-order valence-corrected chi connectivity index (χ1v) is 10.5. The molecule has 0 saturated carbocycles. The molecule has 27 heavy (non-hydrogen) atoms. The van der Waals surface area contributed by atoms with Gasteiger partial charge in [0.1, 0.15) is 0 Å². The lowest BCUT2D eigenvalue weighted by Gasteiger charge is -2.30. The maximum atomic E-state index is 11.3. The van der Waals surface area contributed by atoms with E-state index in [9.17, 15) is 4.79 Å². The van der Waals surface area contributed by atoms with E-state index in [2.05, 4.69) is 11.3 Å². The van der Waals surface area contributed by atoms with Crippen LogP contribution in [-0.4, -0.2) is 34.9 Å². The van der Waals surface area contributed by atoms with Crippen LogP contribution in [0.2, 0.25) is 0 Å². The van der Waals surface area contributed by atoms with Crippen molar-refractivity contribution < 1.29 is 18.4 Å². The van der Waals surface area contributed by atoms with Crippen LogP contribution in [0.25, 0.3) is 0 Å². The van der Waals surface area contributed by atoms with Gasteiger partial charge in [0.15, 0.2) is 0 Å². The minimum absolute atomic E-state index is 0.232. The highest BCUT2D eigenvalue weighted by Crippen LogP contribution is 2.11. The zero-order chi connectivity index (χ0) is 19.4. The molecule has 0 heterocycles. The SMILES string of the molecule is C=C/C=C/CO[Si](OC/C=C/C(=O)OC)(c1ccccc1)c1ccccc1. The van der Waals surface area contributed by atoms with Crippen molar-refractivity contribution in [3.05, 3.63) is 97.6 Å². The molecular formula is C22H24O4Si. The third kappa shape index (κ3) is 5.89. The summed E-state index contributed by atoms with van der Waals surface area (Å²) >= 11 is 0. The first kappa shape index (κ1) is 20.6. The number of carbonyl (C=O) groups is 1. The average Bonchev–Trinajstić information content (AvgIpc) is 2.74. The van der Waals surface area contributed by atoms with E-state index in [0.29, 0.717) is 6.61 Å². The monoisotopic (exact) mass is 380 g/mol. The number of hydrogen-bond donors (Lipinski definition) is 0. The lowest BCUT2D eigenvalue weighted by molar-refractivity contribution is -0.134. The van der Waals surface area contributed by atoms with Crippen molar-refractivity contribution in [1.29, 1.82) is 0 Å². The van der Waals surface area contributed by atoms with Crippen LogP contribution < -0.4 is 10.4 Å². The largest absolute Gasteiger partial charge is 0.466 e. The van der Waals surface area contributed by atoms with Gasteiger partial charge < -0.3 is 13.6 Å². The lowest BCUT2D eigenvalue weighted by atomic mass is 10.4.